The lowest BCUT2D eigenvalue weighted by atomic mass is 9.77. The fraction of sp³-hybridized carbons (Fsp3) is 0.800. The largest absolute Gasteiger partial charge is 0.305 e. The second kappa shape index (κ2) is 5.16. The number of hydrazone groups is 1. The summed E-state index contributed by atoms with van der Waals surface area (Å²) in [6, 6.07) is 0. The zero-order valence-corrected chi connectivity index (χ0v) is 9.68. The standard InChI is InChI=1S/C10H17N3O3/c1-10(5-3-6-11-13(15)16)8-12(2)7-4-9(10)14/h6H,3-5,7-8H2,1-2H3. The maximum atomic E-state index is 11.8. The Hall–Kier alpha value is -1.30. The lowest BCUT2D eigenvalue weighted by Gasteiger charge is -2.37. The maximum absolute atomic E-state index is 11.8. The second-order valence-corrected chi connectivity index (χ2v) is 4.55. The Morgan fingerprint density at radius 1 is 1.69 bits per heavy atom. The number of rotatable bonds is 4. The summed E-state index contributed by atoms with van der Waals surface area (Å²) in [7, 11) is 1.98. The minimum atomic E-state index is -0.725. The molecule has 0 aromatic carbocycles. The lowest BCUT2D eigenvalue weighted by molar-refractivity contribution is -0.484. The predicted molar refractivity (Wildman–Crippen MR) is 59.9 cm³/mol. The minimum Gasteiger partial charge on any atom is -0.305 e. The smallest absolute Gasteiger partial charge is 0.190 e. The first-order chi connectivity index (χ1) is 7.44. The van der Waals surface area contributed by atoms with Gasteiger partial charge in [-0.25, -0.2) is 10.1 Å². The van der Waals surface area contributed by atoms with Gasteiger partial charge in [0.25, 0.3) is 0 Å². The molecule has 6 heteroatoms. The highest BCUT2D eigenvalue weighted by molar-refractivity contribution is 5.85. The average molecular weight is 227 g/mol. The van der Waals surface area contributed by atoms with Gasteiger partial charge in [0, 0.05) is 24.9 Å². The fourth-order valence-corrected chi connectivity index (χ4v) is 2.08. The molecule has 1 heterocycles. The molecule has 1 aliphatic heterocycles. The maximum Gasteiger partial charge on any atom is 0.190 e. The van der Waals surface area contributed by atoms with Crippen LogP contribution in [0.25, 0.3) is 0 Å². The van der Waals surface area contributed by atoms with E-state index in [2.05, 4.69) is 10.0 Å². The summed E-state index contributed by atoms with van der Waals surface area (Å²) in [4.78, 5) is 23.9. The van der Waals surface area contributed by atoms with Gasteiger partial charge in [-0.2, -0.15) is 0 Å². The second-order valence-electron chi connectivity index (χ2n) is 4.55. The molecule has 0 aromatic rings. The number of carbonyl (C=O) groups excluding carboxylic acids is 1. The number of Topliss-reactive ketones (excluding diaryl/α,β-unsaturated/α-hetero) is 1. The molecular formula is C10H17N3O3. The summed E-state index contributed by atoms with van der Waals surface area (Å²) < 4.78 is 0. The first-order valence-electron chi connectivity index (χ1n) is 5.33. The fourth-order valence-electron chi connectivity index (χ4n) is 2.08. The van der Waals surface area contributed by atoms with Crippen molar-refractivity contribution in [1.82, 2.24) is 4.90 Å². The minimum absolute atomic E-state index is 0.250. The molecule has 0 saturated carbocycles. The first-order valence-corrected chi connectivity index (χ1v) is 5.33. The van der Waals surface area contributed by atoms with Gasteiger partial charge < -0.3 is 4.90 Å². The van der Waals surface area contributed by atoms with E-state index >= 15 is 0 Å². The summed E-state index contributed by atoms with van der Waals surface area (Å²) in [5, 5.41) is 12.3. The Kier molecular flexibility index (Phi) is 4.12. The molecule has 1 aliphatic rings. The van der Waals surface area contributed by atoms with Gasteiger partial charge in [0.1, 0.15) is 5.78 Å². The summed E-state index contributed by atoms with van der Waals surface area (Å²) in [5.41, 5.74) is -0.379. The van der Waals surface area contributed by atoms with E-state index in [1.165, 1.54) is 6.21 Å². The number of nitro groups is 1. The Morgan fingerprint density at radius 3 is 3.00 bits per heavy atom. The Bertz CT molecular complexity index is 316. The average Bonchev–Trinajstić information content (AvgIpc) is 2.19. The van der Waals surface area contributed by atoms with Gasteiger partial charge in [-0.15, -0.1) is 0 Å². The SMILES string of the molecule is CN1CCC(=O)C(C)(CCC=N[N+](=O)[O-])C1. The molecule has 0 spiro atoms. The zero-order valence-electron chi connectivity index (χ0n) is 9.68. The highest BCUT2D eigenvalue weighted by Crippen LogP contribution is 2.30. The van der Waals surface area contributed by atoms with Crippen molar-refractivity contribution in [3.8, 4) is 0 Å². The van der Waals surface area contributed by atoms with Crippen LogP contribution in [-0.4, -0.2) is 42.1 Å². The molecule has 0 amide bonds. The van der Waals surface area contributed by atoms with Crippen LogP contribution in [-0.2, 0) is 4.79 Å². The number of likely N-dealkylation sites (tertiary alicyclic amines) is 1. The van der Waals surface area contributed by atoms with Crippen LogP contribution in [0.4, 0.5) is 0 Å². The molecule has 0 aromatic heterocycles. The summed E-state index contributed by atoms with van der Waals surface area (Å²) in [6.07, 6.45) is 2.93. The van der Waals surface area contributed by atoms with Crippen molar-refractivity contribution in [3.63, 3.8) is 0 Å². The van der Waals surface area contributed by atoms with Crippen molar-refractivity contribution < 1.29 is 9.83 Å². The van der Waals surface area contributed by atoms with Crippen molar-refractivity contribution in [2.45, 2.75) is 26.2 Å². The number of hydrogen-bond donors (Lipinski definition) is 0. The molecule has 6 nitrogen and oxygen atoms in total. The van der Waals surface area contributed by atoms with Crippen molar-refractivity contribution >= 4 is 12.0 Å². The monoisotopic (exact) mass is 227 g/mol. The molecule has 0 bridgehead atoms. The van der Waals surface area contributed by atoms with E-state index in [-0.39, 0.29) is 11.2 Å². The molecule has 1 fully saturated rings. The van der Waals surface area contributed by atoms with Crippen LogP contribution >= 0.6 is 0 Å². The highest BCUT2D eigenvalue weighted by Gasteiger charge is 2.36. The molecule has 1 saturated heterocycles. The molecule has 1 rings (SSSR count). The summed E-state index contributed by atoms with van der Waals surface area (Å²) in [6.45, 7) is 3.44. The van der Waals surface area contributed by atoms with Crippen LogP contribution in [0.15, 0.2) is 5.10 Å². The normalized spacial score (nSPS) is 27.5. The van der Waals surface area contributed by atoms with Crippen LogP contribution < -0.4 is 0 Å². The Morgan fingerprint density at radius 2 is 2.38 bits per heavy atom. The molecule has 0 N–H and O–H groups in total. The number of ketones is 1. The van der Waals surface area contributed by atoms with E-state index < -0.39 is 5.03 Å². The number of carbonyl (C=O) groups is 1. The van der Waals surface area contributed by atoms with Crippen LogP contribution in [0.2, 0.25) is 0 Å². The van der Waals surface area contributed by atoms with E-state index in [0.29, 0.717) is 19.3 Å². The van der Waals surface area contributed by atoms with Gasteiger partial charge >= 0.3 is 0 Å². The summed E-state index contributed by atoms with van der Waals surface area (Å²) >= 11 is 0. The van der Waals surface area contributed by atoms with Gasteiger partial charge in [0.2, 0.25) is 0 Å². The molecule has 1 atom stereocenters. The van der Waals surface area contributed by atoms with Crippen molar-refractivity contribution in [2.24, 2.45) is 10.5 Å². The van der Waals surface area contributed by atoms with Gasteiger partial charge in [-0.3, -0.25) is 4.79 Å². The van der Waals surface area contributed by atoms with Gasteiger partial charge in [0.15, 0.2) is 5.03 Å². The van der Waals surface area contributed by atoms with E-state index in [0.717, 1.165) is 13.1 Å². The third-order valence-electron chi connectivity index (χ3n) is 3.01. The third-order valence-corrected chi connectivity index (χ3v) is 3.01. The number of nitrogens with zero attached hydrogens (tertiary/aromatic N) is 3. The van der Waals surface area contributed by atoms with E-state index in [9.17, 15) is 14.9 Å². The molecule has 1 unspecified atom stereocenters. The van der Waals surface area contributed by atoms with Crippen LogP contribution in [0.1, 0.15) is 26.2 Å². The topological polar surface area (TPSA) is 75.8 Å². The van der Waals surface area contributed by atoms with E-state index in [4.69, 9.17) is 0 Å². The van der Waals surface area contributed by atoms with Crippen LogP contribution in [0.3, 0.4) is 0 Å². The zero-order chi connectivity index (χ0) is 12.2. The molecule has 90 valence electrons. The molecule has 0 radical (unpaired) electrons. The van der Waals surface area contributed by atoms with Gasteiger partial charge in [-0.1, -0.05) is 6.92 Å². The molecular weight excluding hydrogens is 210 g/mol. The van der Waals surface area contributed by atoms with E-state index in [1.807, 2.05) is 14.0 Å². The van der Waals surface area contributed by atoms with Gasteiger partial charge in [0.05, 0.1) is 11.3 Å². The molecule has 16 heavy (non-hydrogen) atoms. The lowest BCUT2D eigenvalue weighted by Crippen LogP contribution is -2.46. The van der Waals surface area contributed by atoms with Crippen molar-refractivity contribution in [1.29, 1.82) is 0 Å². The predicted octanol–water partition coefficient (Wildman–Crippen LogP) is 0.940. The Balaban J connectivity index is 2.49. The van der Waals surface area contributed by atoms with E-state index in [1.54, 1.807) is 0 Å². The van der Waals surface area contributed by atoms with Crippen molar-refractivity contribution in [2.75, 3.05) is 20.1 Å². The highest BCUT2D eigenvalue weighted by atomic mass is 16.7. The Labute approximate surface area is 94.5 Å². The third kappa shape index (κ3) is 3.37. The molecule has 0 aliphatic carbocycles. The first kappa shape index (κ1) is 12.8. The number of piperidine rings is 1. The van der Waals surface area contributed by atoms with Gasteiger partial charge in [-0.05, 0) is 19.9 Å². The van der Waals surface area contributed by atoms with Crippen LogP contribution in [0, 0.1) is 15.5 Å². The van der Waals surface area contributed by atoms with Crippen molar-refractivity contribution in [3.05, 3.63) is 10.1 Å². The quantitative estimate of drug-likeness (QED) is 0.407. The summed E-state index contributed by atoms with van der Waals surface area (Å²) in [5.74, 6) is 0.250. The number of hydrogen-bond acceptors (Lipinski definition) is 4. The van der Waals surface area contributed by atoms with Crippen LogP contribution in [0.5, 0.6) is 0 Å².